The first kappa shape index (κ1) is 8.91. The first-order chi connectivity index (χ1) is 7.25. The van der Waals surface area contributed by atoms with E-state index in [2.05, 4.69) is 4.98 Å². The molecule has 78 valence electrons. The maximum atomic E-state index is 12.0. The molecule has 0 bridgehead atoms. The topological polar surface area (TPSA) is 44.1 Å². The monoisotopic (exact) mass is 222 g/mol. The maximum Gasteiger partial charge on any atom is 0.299 e. The van der Waals surface area contributed by atoms with Crippen molar-refractivity contribution in [3.05, 3.63) is 21.3 Å². The fourth-order valence-electron chi connectivity index (χ4n) is 1.80. The summed E-state index contributed by atoms with van der Waals surface area (Å²) in [4.78, 5) is 17.5. The summed E-state index contributed by atoms with van der Waals surface area (Å²) in [6, 6.07) is 2.40. The van der Waals surface area contributed by atoms with E-state index in [4.69, 9.17) is 4.74 Å². The van der Waals surface area contributed by atoms with Crippen molar-refractivity contribution in [2.45, 2.75) is 19.9 Å². The smallest absolute Gasteiger partial charge is 0.299 e. The first-order valence-corrected chi connectivity index (χ1v) is 5.71. The van der Waals surface area contributed by atoms with Gasteiger partial charge in [0.1, 0.15) is 4.70 Å². The zero-order valence-corrected chi connectivity index (χ0v) is 9.13. The predicted molar refractivity (Wildman–Crippen MR) is 58.7 cm³/mol. The summed E-state index contributed by atoms with van der Waals surface area (Å²) in [5.41, 5.74) is 0.795. The van der Waals surface area contributed by atoms with E-state index in [-0.39, 0.29) is 5.56 Å². The molecule has 0 unspecified atom stereocenters. The molecule has 0 saturated carbocycles. The van der Waals surface area contributed by atoms with E-state index < -0.39 is 0 Å². The normalized spacial score (nSPS) is 15.0. The molecule has 5 heteroatoms. The summed E-state index contributed by atoms with van der Waals surface area (Å²) >= 11 is 1.50. The molecule has 0 saturated heterocycles. The van der Waals surface area contributed by atoms with Crippen LogP contribution in [0.1, 0.15) is 11.3 Å². The van der Waals surface area contributed by atoms with Crippen LogP contribution in [0, 0.1) is 6.92 Å². The Bertz CT molecular complexity index is 585. The lowest BCUT2D eigenvalue weighted by Gasteiger charge is -2.17. The molecule has 3 heterocycles. The highest BCUT2D eigenvalue weighted by molar-refractivity contribution is 7.18. The second-order valence-electron chi connectivity index (χ2n) is 3.62. The molecule has 2 aromatic heterocycles. The Kier molecular flexibility index (Phi) is 1.82. The Hall–Kier alpha value is -1.36. The largest absolute Gasteiger partial charge is 0.465 e. The highest BCUT2D eigenvalue weighted by Crippen LogP contribution is 2.23. The number of hydrogen-bond donors (Lipinski definition) is 0. The third-order valence-corrected chi connectivity index (χ3v) is 3.51. The molecule has 0 aliphatic carbocycles. The van der Waals surface area contributed by atoms with Crippen molar-refractivity contribution in [3.63, 3.8) is 0 Å². The molecule has 4 nitrogen and oxygen atoms in total. The van der Waals surface area contributed by atoms with Gasteiger partial charge in [0.2, 0.25) is 0 Å². The average Bonchev–Trinajstić information content (AvgIpc) is 2.59. The molecule has 0 fully saturated rings. The Morgan fingerprint density at radius 2 is 2.47 bits per heavy atom. The van der Waals surface area contributed by atoms with Gasteiger partial charge in [-0.1, -0.05) is 0 Å². The molecular formula is C10H10N2O2S. The molecule has 1 aliphatic heterocycles. The van der Waals surface area contributed by atoms with Gasteiger partial charge in [0, 0.05) is 11.4 Å². The van der Waals surface area contributed by atoms with E-state index in [1.807, 2.05) is 13.0 Å². The molecule has 3 rings (SSSR count). The number of ether oxygens (including phenoxy) is 1. The lowest BCUT2D eigenvalue weighted by Crippen LogP contribution is -2.27. The van der Waals surface area contributed by atoms with Crippen molar-refractivity contribution in [1.29, 1.82) is 0 Å². The van der Waals surface area contributed by atoms with Gasteiger partial charge in [-0.3, -0.25) is 9.36 Å². The molecule has 2 aromatic rings. The summed E-state index contributed by atoms with van der Waals surface area (Å²) in [5.74, 6) is 0. The predicted octanol–water partition coefficient (Wildman–Crippen LogP) is 1.55. The molecule has 1 aliphatic rings. The van der Waals surface area contributed by atoms with Crippen LogP contribution in [-0.2, 0) is 6.54 Å². The van der Waals surface area contributed by atoms with Crippen LogP contribution < -0.4 is 10.3 Å². The van der Waals surface area contributed by atoms with Crippen molar-refractivity contribution in [1.82, 2.24) is 9.55 Å². The number of rotatable bonds is 0. The van der Waals surface area contributed by atoms with Crippen LogP contribution in [0.25, 0.3) is 10.2 Å². The maximum absolute atomic E-state index is 12.0. The fraction of sp³-hybridized carbons (Fsp3) is 0.400. The van der Waals surface area contributed by atoms with E-state index in [1.54, 1.807) is 4.57 Å². The molecular weight excluding hydrogens is 212 g/mol. The molecule has 0 aromatic carbocycles. The fourth-order valence-corrected chi connectivity index (χ4v) is 2.70. The van der Waals surface area contributed by atoms with Gasteiger partial charge in [-0.15, -0.1) is 11.3 Å². The number of thiophene rings is 1. The van der Waals surface area contributed by atoms with Crippen molar-refractivity contribution in [2.24, 2.45) is 0 Å². The minimum Gasteiger partial charge on any atom is -0.465 e. The number of hydrogen-bond acceptors (Lipinski definition) is 4. The standard InChI is InChI=1S/C10H10N2O2S/c1-6-5-7-8(15-6)9(13)12-3-2-4-14-10(12)11-7/h5H,2-4H2,1H3. The number of fused-ring (bicyclic) bond motifs is 2. The van der Waals surface area contributed by atoms with Gasteiger partial charge in [-0.05, 0) is 19.4 Å². The molecule has 0 N–H and O–H groups in total. The van der Waals surface area contributed by atoms with E-state index in [9.17, 15) is 4.79 Å². The Morgan fingerprint density at radius 3 is 3.33 bits per heavy atom. The van der Waals surface area contributed by atoms with Gasteiger partial charge in [-0.25, -0.2) is 0 Å². The molecule has 0 radical (unpaired) electrons. The van der Waals surface area contributed by atoms with Crippen LogP contribution in [0.15, 0.2) is 10.9 Å². The van der Waals surface area contributed by atoms with Gasteiger partial charge < -0.3 is 4.74 Å². The van der Waals surface area contributed by atoms with Crippen LogP contribution in [-0.4, -0.2) is 16.2 Å². The van der Waals surface area contributed by atoms with Gasteiger partial charge in [0.05, 0.1) is 12.1 Å². The van der Waals surface area contributed by atoms with Crippen LogP contribution in [0.2, 0.25) is 0 Å². The van der Waals surface area contributed by atoms with Crippen LogP contribution in [0.4, 0.5) is 0 Å². The molecule has 0 spiro atoms. The third-order valence-electron chi connectivity index (χ3n) is 2.48. The van der Waals surface area contributed by atoms with Crippen molar-refractivity contribution in [2.75, 3.05) is 6.61 Å². The Labute approximate surface area is 90.1 Å². The summed E-state index contributed by atoms with van der Waals surface area (Å²) in [5, 5.41) is 0. The highest BCUT2D eigenvalue weighted by atomic mass is 32.1. The highest BCUT2D eigenvalue weighted by Gasteiger charge is 2.16. The van der Waals surface area contributed by atoms with Crippen LogP contribution in [0.3, 0.4) is 0 Å². The van der Waals surface area contributed by atoms with E-state index in [0.717, 1.165) is 21.5 Å². The van der Waals surface area contributed by atoms with Crippen molar-refractivity contribution >= 4 is 21.6 Å². The summed E-state index contributed by atoms with van der Waals surface area (Å²) in [6.45, 7) is 3.35. The Morgan fingerprint density at radius 1 is 1.60 bits per heavy atom. The van der Waals surface area contributed by atoms with Gasteiger partial charge >= 0.3 is 0 Å². The van der Waals surface area contributed by atoms with E-state index in [0.29, 0.717) is 19.2 Å². The molecule has 0 amide bonds. The SMILES string of the molecule is Cc1cc2nc3n(c(=O)c2s1)CCCO3. The van der Waals surface area contributed by atoms with Gasteiger partial charge in [0.15, 0.2) is 0 Å². The minimum atomic E-state index is 0.0350. The van der Waals surface area contributed by atoms with Crippen molar-refractivity contribution < 1.29 is 4.74 Å². The third kappa shape index (κ3) is 1.26. The van der Waals surface area contributed by atoms with Gasteiger partial charge in [0.25, 0.3) is 11.6 Å². The number of nitrogens with zero attached hydrogens (tertiary/aromatic N) is 2. The quantitative estimate of drug-likeness (QED) is 0.679. The Balaban J connectivity index is 2.40. The van der Waals surface area contributed by atoms with Crippen LogP contribution >= 0.6 is 11.3 Å². The lowest BCUT2D eigenvalue weighted by molar-refractivity contribution is 0.224. The number of aryl methyl sites for hydroxylation is 1. The first-order valence-electron chi connectivity index (χ1n) is 4.89. The second kappa shape index (κ2) is 3.06. The number of aromatic nitrogens is 2. The summed E-state index contributed by atoms with van der Waals surface area (Å²) in [7, 11) is 0. The zero-order valence-electron chi connectivity index (χ0n) is 8.32. The second-order valence-corrected chi connectivity index (χ2v) is 4.88. The summed E-state index contributed by atoms with van der Waals surface area (Å²) < 4.78 is 7.74. The average molecular weight is 222 g/mol. The minimum absolute atomic E-state index is 0.0350. The molecule has 0 atom stereocenters. The van der Waals surface area contributed by atoms with Crippen LogP contribution in [0.5, 0.6) is 6.01 Å². The van der Waals surface area contributed by atoms with Gasteiger partial charge in [-0.2, -0.15) is 4.98 Å². The molecule has 15 heavy (non-hydrogen) atoms. The zero-order chi connectivity index (χ0) is 10.4. The van der Waals surface area contributed by atoms with Crippen molar-refractivity contribution in [3.8, 4) is 6.01 Å². The summed E-state index contributed by atoms with van der Waals surface area (Å²) in [6.07, 6.45) is 0.879. The van der Waals surface area contributed by atoms with E-state index >= 15 is 0 Å². The van der Waals surface area contributed by atoms with E-state index in [1.165, 1.54) is 11.3 Å². The lowest BCUT2D eigenvalue weighted by atomic mass is 10.4.